The lowest BCUT2D eigenvalue weighted by Crippen LogP contribution is -2.62. The molecule has 9 atom stereocenters. The number of aliphatic hydroxyl groups excluding tert-OH is 1. The molecule has 28 nitrogen and oxygen atoms in total. The number of amides is 12. The summed E-state index contributed by atoms with van der Waals surface area (Å²) in [4.78, 5) is 171. The number of aromatic nitrogens is 1. The van der Waals surface area contributed by atoms with Crippen LogP contribution in [0.1, 0.15) is 109 Å². The second-order valence-corrected chi connectivity index (χ2v) is 26.7. The number of carbonyl (C=O) groups excluding carboxylic acids is 12. The second kappa shape index (κ2) is 38.2. The van der Waals surface area contributed by atoms with Gasteiger partial charge in [-0.2, -0.15) is 0 Å². The fourth-order valence-electron chi connectivity index (χ4n) is 11.6. The molecule has 3 heterocycles. The van der Waals surface area contributed by atoms with Gasteiger partial charge in [-0.15, -0.1) is 0 Å². The number of carbonyl (C=O) groups is 12. The quantitative estimate of drug-likeness (QED) is 0.0240. The molecule has 542 valence electrons. The van der Waals surface area contributed by atoms with Gasteiger partial charge in [-0.1, -0.05) is 105 Å². The van der Waals surface area contributed by atoms with Gasteiger partial charge in [-0.3, -0.25) is 57.6 Å². The van der Waals surface area contributed by atoms with E-state index < -0.39 is 150 Å². The Morgan fingerprint density at radius 3 is 1.78 bits per heavy atom. The molecule has 7 rings (SSSR count). The molecule has 14 N–H and O–H groups in total. The molecule has 0 unspecified atom stereocenters. The van der Waals surface area contributed by atoms with Gasteiger partial charge in [0.2, 0.25) is 53.2 Å². The highest BCUT2D eigenvalue weighted by molar-refractivity contribution is 6.13. The van der Waals surface area contributed by atoms with Crippen molar-refractivity contribution in [2.45, 2.75) is 172 Å². The molecule has 28 heteroatoms. The van der Waals surface area contributed by atoms with Crippen molar-refractivity contribution in [1.82, 2.24) is 68.4 Å². The Kier molecular flexibility index (Phi) is 29.4. The van der Waals surface area contributed by atoms with Gasteiger partial charge in [0.15, 0.2) is 0 Å². The Bertz CT molecular complexity index is 3690. The molecule has 0 spiro atoms. The van der Waals surface area contributed by atoms with Crippen molar-refractivity contribution in [3.8, 4) is 5.75 Å². The van der Waals surface area contributed by atoms with Crippen LogP contribution < -0.4 is 58.5 Å². The van der Waals surface area contributed by atoms with Gasteiger partial charge in [0.1, 0.15) is 53.6 Å². The standard InChI is InChI=1S/C73H95N13O15/c1-44(2)36-55(65(93)74-34-17-35-86-62(91)31-32-63(86)92)82-68(96)56(37-46-18-9-7-10-19-46)80-61(90)43-77-60(89)30-29-54-66(94)83-57(39-48-25-27-51(88)28-26-48)70(98)84-59(40-49-41-76-53-24-14-13-23-52(49)53)67(95)79-50(22-15-16-33-75-72(100)101-73(4,5)6)42-78-64(45(3)87)71(99)85-58(69(97)81-54)38-47-20-11-8-12-21-47/h7-14,18-21,23-28,31-32,41,44-45,50,54-59,64,76,78,87-88H,15-17,22,29-30,33-40,42-43H2,1-6H3,(H,74,93)(H,75,100)(H,77,89)(H,79,95)(H,80,90)(H,81,97)(H,82,96)(H,83,94)(H,84,98)(H,85,99)/t45-,50+,54+,55+,56+,57+,58+,59-,64+/m1/s1. The molecule has 101 heavy (non-hydrogen) atoms. The Labute approximate surface area is 586 Å². The fourth-order valence-corrected chi connectivity index (χ4v) is 11.6. The number of alkyl carbamates (subject to hydrolysis) is 1. The first kappa shape index (κ1) is 77.9. The fraction of sp³-hybridized carbons (Fsp3) is 0.452. The van der Waals surface area contributed by atoms with E-state index in [2.05, 4.69) is 63.5 Å². The first-order valence-corrected chi connectivity index (χ1v) is 34.2. The number of hydrogen-bond acceptors (Lipinski definition) is 16. The maximum absolute atomic E-state index is 15.1. The van der Waals surface area contributed by atoms with Crippen LogP contribution in [0.25, 0.3) is 10.9 Å². The highest BCUT2D eigenvalue weighted by atomic mass is 16.6. The minimum Gasteiger partial charge on any atom is -0.508 e. The zero-order valence-electron chi connectivity index (χ0n) is 57.9. The van der Waals surface area contributed by atoms with Crippen molar-refractivity contribution in [3.05, 3.63) is 150 Å². The van der Waals surface area contributed by atoms with Crippen LogP contribution in [0.4, 0.5) is 4.79 Å². The van der Waals surface area contributed by atoms with Crippen LogP contribution in [0.5, 0.6) is 5.75 Å². The molecule has 5 aromatic rings. The average Bonchev–Trinajstić information content (AvgIpc) is 1.76. The summed E-state index contributed by atoms with van der Waals surface area (Å²) in [5, 5.41) is 53.0. The smallest absolute Gasteiger partial charge is 0.407 e. The van der Waals surface area contributed by atoms with Crippen LogP contribution in [0.2, 0.25) is 0 Å². The molecule has 1 fully saturated rings. The van der Waals surface area contributed by atoms with E-state index >= 15 is 14.4 Å². The first-order valence-electron chi connectivity index (χ1n) is 34.2. The zero-order valence-corrected chi connectivity index (χ0v) is 57.9. The van der Waals surface area contributed by atoms with Gasteiger partial charge in [-0.25, -0.2) is 4.79 Å². The number of unbranched alkanes of at least 4 members (excludes halogenated alkanes) is 1. The van der Waals surface area contributed by atoms with E-state index in [4.69, 9.17) is 4.74 Å². The Balaban J connectivity index is 1.14. The highest BCUT2D eigenvalue weighted by Crippen LogP contribution is 2.21. The summed E-state index contributed by atoms with van der Waals surface area (Å²) in [6, 6.07) is 20.0. The van der Waals surface area contributed by atoms with Crippen LogP contribution in [0.15, 0.2) is 128 Å². The molecule has 2 aliphatic rings. The third-order valence-corrected chi connectivity index (χ3v) is 16.8. The van der Waals surface area contributed by atoms with Crippen LogP contribution in [-0.2, 0) is 83.2 Å². The number of para-hydroxylation sites is 1. The lowest BCUT2D eigenvalue weighted by atomic mass is 10.00. The largest absolute Gasteiger partial charge is 0.508 e. The molecule has 0 radical (unpaired) electrons. The zero-order chi connectivity index (χ0) is 73.2. The van der Waals surface area contributed by atoms with E-state index in [-0.39, 0.29) is 82.8 Å². The van der Waals surface area contributed by atoms with Crippen LogP contribution in [0.3, 0.4) is 0 Å². The molecule has 0 bridgehead atoms. The predicted octanol–water partition coefficient (Wildman–Crippen LogP) is 1.96. The topological polar surface area (TPSA) is 406 Å². The number of hydrogen-bond donors (Lipinski definition) is 14. The number of aliphatic hydroxyl groups is 1. The monoisotopic (exact) mass is 1390 g/mol. The van der Waals surface area contributed by atoms with Crippen LogP contribution in [0, 0.1) is 5.92 Å². The summed E-state index contributed by atoms with van der Waals surface area (Å²) < 4.78 is 5.39. The Morgan fingerprint density at radius 2 is 1.15 bits per heavy atom. The number of rotatable bonds is 29. The van der Waals surface area contributed by atoms with Gasteiger partial charge in [0.25, 0.3) is 11.8 Å². The summed E-state index contributed by atoms with van der Waals surface area (Å²) in [7, 11) is 0. The minimum atomic E-state index is -1.66. The number of aromatic hydroxyl groups is 1. The summed E-state index contributed by atoms with van der Waals surface area (Å²) in [6.45, 7) is 9.85. The van der Waals surface area contributed by atoms with Crippen molar-refractivity contribution in [3.63, 3.8) is 0 Å². The van der Waals surface area contributed by atoms with Crippen molar-refractivity contribution >= 4 is 82.0 Å². The predicted molar refractivity (Wildman–Crippen MR) is 374 cm³/mol. The molecule has 0 aliphatic carbocycles. The van der Waals surface area contributed by atoms with Crippen LogP contribution in [-0.4, -0.2) is 184 Å². The molecule has 1 saturated heterocycles. The number of H-pyrrole nitrogens is 1. The highest BCUT2D eigenvalue weighted by Gasteiger charge is 2.36. The maximum atomic E-state index is 15.1. The van der Waals surface area contributed by atoms with E-state index in [1.165, 1.54) is 31.2 Å². The molecule has 12 amide bonds. The van der Waals surface area contributed by atoms with Crippen LogP contribution >= 0.6 is 0 Å². The van der Waals surface area contributed by atoms with Gasteiger partial charge in [-0.05, 0) is 113 Å². The number of aromatic amines is 1. The number of fused-ring (bicyclic) bond motifs is 1. The number of benzene rings is 4. The molecule has 0 saturated carbocycles. The van der Waals surface area contributed by atoms with Crippen molar-refractivity contribution in [2.24, 2.45) is 5.92 Å². The van der Waals surface area contributed by atoms with E-state index in [9.17, 15) is 53.4 Å². The Morgan fingerprint density at radius 1 is 0.584 bits per heavy atom. The lowest BCUT2D eigenvalue weighted by molar-refractivity contribution is -0.137. The normalized spacial score (nSPS) is 19.6. The number of nitrogens with zero attached hydrogens (tertiary/aromatic N) is 1. The number of imide groups is 1. The van der Waals surface area contributed by atoms with E-state index in [0.29, 0.717) is 35.1 Å². The SMILES string of the molecule is CC(C)C[C@H](NC(=O)[C@H](Cc1ccccc1)NC(=O)CNC(=O)CC[C@@H]1NC(=O)[C@H](Cc2ccccc2)NC(=O)[C@H]([C@@H](C)O)NC[C@H](CCCCNC(=O)OC(C)(C)C)NC(=O)[C@@H](Cc2c[nH]c3ccccc23)NC(=O)[C@H](Cc2ccc(O)cc2)NC1=O)C(=O)NCCCN1C(=O)C=CC1=O. The third-order valence-electron chi connectivity index (χ3n) is 16.8. The van der Waals surface area contributed by atoms with Crippen molar-refractivity contribution in [1.29, 1.82) is 0 Å². The van der Waals surface area contributed by atoms with Gasteiger partial charge < -0.3 is 78.4 Å². The van der Waals surface area contributed by atoms with Crippen molar-refractivity contribution in [2.75, 3.05) is 32.7 Å². The number of ether oxygens (including phenoxy) is 1. The Hall–Kier alpha value is -10.5. The third kappa shape index (κ3) is 25.6. The summed E-state index contributed by atoms with van der Waals surface area (Å²) in [6.07, 6.45) is 2.09. The maximum Gasteiger partial charge on any atom is 0.407 e. The molecule has 2 aliphatic heterocycles. The molecule has 1 aromatic heterocycles. The molecular formula is C73H95N13O15. The summed E-state index contributed by atoms with van der Waals surface area (Å²) >= 11 is 0. The van der Waals surface area contributed by atoms with Gasteiger partial charge >= 0.3 is 6.09 Å². The van der Waals surface area contributed by atoms with Gasteiger partial charge in [0, 0.05) is 93.6 Å². The van der Waals surface area contributed by atoms with E-state index in [1.54, 1.807) is 87.6 Å². The van der Waals surface area contributed by atoms with E-state index in [0.717, 1.165) is 28.0 Å². The van der Waals surface area contributed by atoms with Crippen molar-refractivity contribution < 1.29 is 72.5 Å². The number of phenolic OH excluding ortho intramolecular Hbond substituents is 1. The summed E-state index contributed by atoms with van der Waals surface area (Å²) in [5.74, 6) is -8.16. The number of nitrogens with one attached hydrogen (secondary N) is 12. The number of phenols is 1. The molecular weight excluding hydrogens is 1300 g/mol. The van der Waals surface area contributed by atoms with Gasteiger partial charge in [0.05, 0.1) is 12.6 Å². The minimum absolute atomic E-state index is 0.0317. The second-order valence-electron chi connectivity index (χ2n) is 26.7. The van der Waals surface area contributed by atoms with E-state index in [1.807, 2.05) is 38.1 Å². The lowest BCUT2D eigenvalue weighted by Gasteiger charge is -2.30. The summed E-state index contributed by atoms with van der Waals surface area (Å²) in [5.41, 5.74) is 2.34. The first-order chi connectivity index (χ1) is 48.2. The average molecular weight is 1390 g/mol. The molecule has 4 aromatic carbocycles.